The topological polar surface area (TPSA) is 78.3 Å². The molecular formula is C25H34N4O3. The number of pyridine rings is 1. The van der Waals surface area contributed by atoms with Crippen molar-refractivity contribution in [3.8, 4) is 5.69 Å². The number of aryl methyl sites for hydroxylation is 4. The first-order chi connectivity index (χ1) is 15.3. The Kier molecular flexibility index (Phi) is 7.99. The smallest absolute Gasteiger partial charge is 0.220 e. The number of carbonyl (C=O) groups excluding carboxylic acids is 1. The van der Waals surface area contributed by atoms with Crippen LogP contribution in [-0.2, 0) is 20.7 Å². The van der Waals surface area contributed by atoms with Gasteiger partial charge in [0.05, 0.1) is 17.9 Å². The summed E-state index contributed by atoms with van der Waals surface area (Å²) in [5.41, 5.74) is 7.15. The Morgan fingerprint density at radius 1 is 1.03 bits per heavy atom. The van der Waals surface area contributed by atoms with Gasteiger partial charge in [-0.05, 0) is 71.2 Å². The van der Waals surface area contributed by atoms with E-state index >= 15 is 0 Å². The minimum absolute atomic E-state index is 0.0274. The predicted octanol–water partition coefficient (Wildman–Crippen LogP) is 4.10. The third-order valence-electron chi connectivity index (χ3n) is 5.63. The zero-order chi connectivity index (χ0) is 23.3. The molecule has 0 radical (unpaired) electrons. The van der Waals surface area contributed by atoms with Crippen LogP contribution >= 0.6 is 0 Å². The number of benzene rings is 1. The van der Waals surface area contributed by atoms with E-state index in [1.807, 2.05) is 32.4 Å². The monoisotopic (exact) mass is 438 g/mol. The van der Waals surface area contributed by atoms with E-state index < -0.39 is 6.29 Å². The zero-order valence-corrected chi connectivity index (χ0v) is 20.0. The predicted molar refractivity (Wildman–Crippen MR) is 126 cm³/mol. The van der Waals surface area contributed by atoms with Crippen molar-refractivity contribution >= 4 is 16.9 Å². The number of amides is 1. The molecule has 172 valence electrons. The average Bonchev–Trinajstić information content (AvgIpc) is 3.08. The van der Waals surface area contributed by atoms with Crippen LogP contribution in [0.3, 0.4) is 0 Å². The number of ether oxygens (including phenoxy) is 2. The minimum atomic E-state index is -0.411. The summed E-state index contributed by atoms with van der Waals surface area (Å²) in [7, 11) is 0. The maximum Gasteiger partial charge on any atom is 0.220 e. The lowest BCUT2D eigenvalue weighted by molar-refractivity contribution is -0.140. The second-order valence-electron chi connectivity index (χ2n) is 7.98. The lowest BCUT2D eigenvalue weighted by Gasteiger charge is -2.17. The van der Waals surface area contributed by atoms with Gasteiger partial charge in [0.1, 0.15) is 0 Å². The lowest BCUT2D eigenvalue weighted by Crippen LogP contribution is -2.35. The molecule has 0 bridgehead atoms. The van der Waals surface area contributed by atoms with Gasteiger partial charge < -0.3 is 14.8 Å². The van der Waals surface area contributed by atoms with E-state index in [4.69, 9.17) is 19.6 Å². The van der Waals surface area contributed by atoms with Crippen molar-refractivity contribution in [3.63, 3.8) is 0 Å². The van der Waals surface area contributed by atoms with E-state index in [9.17, 15) is 4.79 Å². The average molecular weight is 439 g/mol. The van der Waals surface area contributed by atoms with Gasteiger partial charge in [-0.25, -0.2) is 9.67 Å². The van der Waals surface area contributed by atoms with Gasteiger partial charge in [-0.2, -0.15) is 5.10 Å². The molecule has 2 aromatic heterocycles. The largest absolute Gasteiger partial charge is 0.351 e. The third-order valence-corrected chi connectivity index (χ3v) is 5.63. The molecule has 0 aliphatic rings. The van der Waals surface area contributed by atoms with E-state index in [0.717, 1.165) is 39.2 Å². The van der Waals surface area contributed by atoms with E-state index in [0.29, 0.717) is 32.6 Å². The number of carbonyl (C=O) groups is 1. The number of rotatable bonds is 10. The third kappa shape index (κ3) is 5.34. The fourth-order valence-corrected chi connectivity index (χ4v) is 4.00. The second-order valence-corrected chi connectivity index (χ2v) is 7.98. The molecule has 1 N–H and O–H groups in total. The fourth-order valence-electron chi connectivity index (χ4n) is 4.00. The molecule has 0 saturated carbocycles. The highest BCUT2D eigenvalue weighted by Crippen LogP contribution is 2.28. The first-order valence-corrected chi connectivity index (χ1v) is 11.3. The SMILES string of the molecule is CCOC(CNC(=O)CCc1c(C)nc2c(c(C)nn2-c2ccc(C)cc2)c1C)OCC. The van der Waals surface area contributed by atoms with Crippen LogP contribution in [0.15, 0.2) is 24.3 Å². The normalized spacial score (nSPS) is 11.5. The number of nitrogens with one attached hydrogen (secondary N) is 1. The summed E-state index contributed by atoms with van der Waals surface area (Å²) in [4.78, 5) is 17.3. The molecule has 32 heavy (non-hydrogen) atoms. The van der Waals surface area contributed by atoms with Gasteiger partial charge in [0.2, 0.25) is 5.91 Å². The van der Waals surface area contributed by atoms with Crippen molar-refractivity contribution in [1.29, 1.82) is 0 Å². The molecule has 7 heteroatoms. The van der Waals surface area contributed by atoms with Crippen LogP contribution in [0.5, 0.6) is 0 Å². The van der Waals surface area contributed by atoms with Gasteiger partial charge in [-0.15, -0.1) is 0 Å². The molecule has 0 spiro atoms. The summed E-state index contributed by atoms with van der Waals surface area (Å²) in [6, 6.07) is 8.27. The van der Waals surface area contributed by atoms with Gasteiger partial charge in [0.25, 0.3) is 0 Å². The summed E-state index contributed by atoms with van der Waals surface area (Å²) < 4.78 is 12.9. The molecule has 1 aromatic carbocycles. The molecule has 3 rings (SSSR count). The van der Waals surface area contributed by atoms with E-state index in [1.165, 1.54) is 5.56 Å². The highest BCUT2D eigenvalue weighted by molar-refractivity contribution is 5.85. The standard InChI is InChI=1S/C25H34N4O3/c1-7-31-23(32-8-2)15-26-22(30)14-13-21-17(4)24-19(6)28-29(25(24)27-18(21)5)20-11-9-16(3)10-12-20/h9-12,23H,7-8,13-15H2,1-6H3,(H,26,30). The molecular weight excluding hydrogens is 404 g/mol. The Labute approximate surface area is 190 Å². The van der Waals surface area contributed by atoms with Gasteiger partial charge >= 0.3 is 0 Å². The highest BCUT2D eigenvalue weighted by Gasteiger charge is 2.18. The quantitative estimate of drug-likeness (QED) is 0.482. The maximum atomic E-state index is 12.4. The van der Waals surface area contributed by atoms with Crippen molar-refractivity contribution in [2.75, 3.05) is 19.8 Å². The summed E-state index contributed by atoms with van der Waals surface area (Å²) in [6.07, 6.45) is 0.589. The number of hydrogen-bond donors (Lipinski definition) is 1. The Bertz CT molecular complexity index is 1070. The molecule has 3 aromatic rings. The van der Waals surface area contributed by atoms with Crippen LogP contribution in [0, 0.1) is 27.7 Å². The molecule has 0 aliphatic heterocycles. The van der Waals surface area contributed by atoms with E-state index in [-0.39, 0.29) is 5.91 Å². The molecule has 0 aliphatic carbocycles. The number of hydrogen-bond acceptors (Lipinski definition) is 5. The van der Waals surface area contributed by atoms with Crippen LogP contribution in [0.2, 0.25) is 0 Å². The van der Waals surface area contributed by atoms with Crippen LogP contribution in [0.4, 0.5) is 0 Å². The second kappa shape index (κ2) is 10.7. The number of nitrogens with zero attached hydrogens (tertiary/aromatic N) is 3. The summed E-state index contributed by atoms with van der Waals surface area (Å²) >= 11 is 0. The van der Waals surface area contributed by atoms with Crippen molar-refractivity contribution in [1.82, 2.24) is 20.1 Å². The maximum absolute atomic E-state index is 12.4. The fraction of sp³-hybridized carbons (Fsp3) is 0.480. The first-order valence-electron chi connectivity index (χ1n) is 11.3. The molecule has 0 unspecified atom stereocenters. The van der Waals surface area contributed by atoms with Gasteiger partial charge in [-0.3, -0.25) is 4.79 Å². The Morgan fingerprint density at radius 3 is 2.31 bits per heavy atom. The van der Waals surface area contributed by atoms with Crippen molar-refractivity contribution in [2.45, 2.75) is 60.7 Å². The van der Waals surface area contributed by atoms with Crippen LogP contribution < -0.4 is 5.32 Å². The molecule has 1 amide bonds. The highest BCUT2D eigenvalue weighted by atomic mass is 16.7. The summed E-state index contributed by atoms with van der Waals surface area (Å²) in [5, 5.41) is 8.73. The van der Waals surface area contributed by atoms with E-state index in [2.05, 4.69) is 43.4 Å². The Morgan fingerprint density at radius 2 is 1.69 bits per heavy atom. The van der Waals surface area contributed by atoms with Crippen molar-refractivity contribution in [2.24, 2.45) is 0 Å². The van der Waals surface area contributed by atoms with Gasteiger partial charge in [0, 0.05) is 30.7 Å². The van der Waals surface area contributed by atoms with Crippen LogP contribution in [0.1, 0.15) is 48.3 Å². The van der Waals surface area contributed by atoms with Crippen molar-refractivity contribution < 1.29 is 14.3 Å². The van der Waals surface area contributed by atoms with Gasteiger partial charge in [-0.1, -0.05) is 17.7 Å². The van der Waals surface area contributed by atoms with Crippen LogP contribution in [-0.4, -0.2) is 46.7 Å². The first kappa shape index (κ1) is 23.9. The van der Waals surface area contributed by atoms with Crippen LogP contribution in [0.25, 0.3) is 16.7 Å². The van der Waals surface area contributed by atoms with Gasteiger partial charge in [0.15, 0.2) is 11.9 Å². The summed E-state index contributed by atoms with van der Waals surface area (Å²) in [5.74, 6) is -0.0274. The number of fused-ring (bicyclic) bond motifs is 1. The summed E-state index contributed by atoms with van der Waals surface area (Å²) in [6.45, 7) is 13.4. The molecule has 0 atom stereocenters. The molecule has 7 nitrogen and oxygen atoms in total. The minimum Gasteiger partial charge on any atom is -0.351 e. The molecule has 2 heterocycles. The zero-order valence-electron chi connectivity index (χ0n) is 20.0. The van der Waals surface area contributed by atoms with E-state index in [1.54, 1.807) is 0 Å². The number of aromatic nitrogens is 3. The lowest BCUT2D eigenvalue weighted by atomic mass is 9.99. The Hall–Kier alpha value is -2.77. The molecule has 0 saturated heterocycles. The molecule has 0 fully saturated rings. The van der Waals surface area contributed by atoms with Crippen molar-refractivity contribution in [3.05, 3.63) is 52.3 Å². The Balaban J connectivity index is 1.77.